The van der Waals surface area contributed by atoms with Crippen molar-refractivity contribution < 1.29 is 0 Å². The third-order valence-electron chi connectivity index (χ3n) is 6.93. The number of aromatic nitrogens is 2. The third-order valence-corrected chi connectivity index (χ3v) is 6.93. The Bertz CT molecular complexity index is 1800. The summed E-state index contributed by atoms with van der Waals surface area (Å²) < 4.78 is 4.76. The Kier molecular flexibility index (Phi) is 3.80. The lowest BCUT2D eigenvalue weighted by molar-refractivity contribution is 1.01. The average Bonchev–Trinajstić information content (AvgIpc) is 3.37. The highest BCUT2D eigenvalue weighted by Gasteiger charge is 2.19. The molecule has 7 aromatic rings. The first-order valence-corrected chi connectivity index (χ1v) is 11.4. The first kappa shape index (κ1) is 18.3. The number of fused-ring (bicyclic) bond motifs is 7. The molecule has 5 aromatic carbocycles. The molecule has 2 nitrogen and oxygen atoms in total. The number of rotatable bonds is 2. The SMILES string of the molecule is Cn1c2cc(-c3ccccc3)ccc2c2c1ccc1c3ccccc3n(-c3ccccc3)c12. The second-order valence-electron chi connectivity index (χ2n) is 8.70. The molecule has 0 bridgehead atoms. The van der Waals surface area contributed by atoms with Crippen molar-refractivity contribution in [2.24, 2.45) is 7.05 Å². The highest BCUT2D eigenvalue weighted by Crippen LogP contribution is 2.41. The van der Waals surface area contributed by atoms with Crippen LogP contribution in [0.15, 0.2) is 115 Å². The van der Waals surface area contributed by atoms with Crippen molar-refractivity contribution >= 4 is 43.6 Å². The molecule has 0 atom stereocenters. The Morgan fingerprint density at radius 3 is 2.00 bits per heavy atom. The van der Waals surface area contributed by atoms with Gasteiger partial charge >= 0.3 is 0 Å². The van der Waals surface area contributed by atoms with Crippen LogP contribution in [0.2, 0.25) is 0 Å². The van der Waals surface area contributed by atoms with Gasteiger partial charge in [0.05, 0.1) is 16.6 Å². The van der Waals surface area contributed by atoms with E-state index in [4.69, 9.17) is 0 Å². The summed E-state index contributed by atoms with van der Waals surface area (Å²) in [7, 11) is 2.18. The van der Waals surface area contributed by atoms with Gasteiger partial charge in [0.2, 0.25) is 0 Å². The zero-order valence-corrected chi connectivity index (χ0v) is 18.4. The zero-order chi connectivity index (χ0) is 21.9. The summed E-state index contributed by atoms with van der Waals surface area (Å²) in [5.41, 5.74) is 8.70. The summed E-state index contributed by atoms with van der Waals surface area (Å²) in [6, 6.07) is 41.5. The smallest absolute Gasteiger partial charge is 0.0641 e. The van der Waals surface area contributed by atoms with Crippen LogP contribution >= 0.6 is 0 Å². The summed E-state index contributed by atoms with van der Waals surface area (Å²) in [5, 5.41) is 5.18. The van der Waals surface area contributed by atoms with Gasteiger partial charge in [-0.15, -0.1) is 0 Å². The predicted octanol–water partition coefficient (Wildman–Crippen LogP) is 8.10. The van der Waals surface area contributed by atoms with Gasteiger partial charge in [-0.1, -0.05) is 84.9 Å². The number of hydrogen-bond acceptors (Lipinski definition) is 0. The molecule has 0 unspecified atom stereocenters. The van der Waals surface area contributed by atoms with E-state index in [9.17, 15) is 0 Å². The van der Waals surface area contributed by atoms with Gasteiger partial charge in [-0.2, -0.15) is 0 Å². The molecular weight excluding hydrogens is 400 g/mol. The van der Waals surface area contributed by atoms with Crippen molar-refractivity contribution in [3.8, 4) is 16.8 Å². The lowest BCUT2D eigenvalue weighted by Crippen LogP contribution is -1.93. The van der Waals surface area contributed by atoms with Gasteiger partial charge in [-0.05, 0) is 41.5 Å². The molecule has 0 radical (unpaired) electrons. The summed E-state index contributed by atoms with van der Waals surface area (Å²) >= 11 is 0. The molecule has 0 saturated carbocycles. The van der Waals surface area contributed by atoms with Crippen molar-refractivity contribution in [1.29, 1.82) is 0 Å². The fraction of sp³-hybridized carbons (Fsp3) is 0.0323. The predicted molar refractivity (Wildman–Crippen MR) is 140 cm³/mol. The van der Waals surface area contributed by atoms with Crippen LogP contribution < -0.4 is 0 Å². The van der Waals surface area contributed by atoms with Gasteiger partial charge in [0.15, 0.2) is 0 Å². The van der Waals surface area contributed by atoms with E-state index >= 15 is 0 Å². The molecule has 0 N–H and O–H groups in total. The van der Waals surface area contributed by atoms with E-state index in [1.54, 1.807) is 0 Å². The van der Waals surface area contributed by atoms with Crippen LogP contribution in [-0.4, -0.2) is 9.13 Å². The molecule has 2 heteroatoms. The van der Waals surface area contributed by atoms with Crippen LogP contribution in [0.4, 0.5) is 0 Å². The molecular formula is C31H22N2. The summed E-state index contributed by atoms with van der Waals surface area (Å²) in [6.07, 6.45) is 0. The minimum atomic E-state index is 1.19. The molecule has 0 saturated heterocycles. The Hall–Kier alpha value is -4.30. The Labute approximate surface area is 191 Å². The van der Waals surface area contributed by atoms with Crippen LogP contribution in [0.25, 0.3) is 60.4 Å². The lowest BCUT2D eigenvalue weighted by atomic mass is 10.0. The molecule has 0 aliphatic heterocycles. The van der Waals surface area contributed by atoms with Gasteiger partial charge < -0.3 is 9.13 Å². The molecule has 0 aliphatic carbocycles. The average molecular weight is 423 g/mol. The molecule has 156 valence electrons. The van der Waals surface area contributed by atoms with Crippen molar-refractivity contribution in [3.63, 3.8) is 0 Å². The van der Waals surface area contributed by atoms with Crippen LogP contribution in [-0.2, 0) is 7.05 Å². The molecule has 7 rings (SSSR count). The molecule has 0 fully saturated rings. The monoisotopic (exact) mass is 422 g/mol. The van der Waals surface area contributed by atoms with E-state index < -0.39 is 0 Å². The minimum Gasteiger partial charge on any atom is -0.344 e. The first-order valence-electron chi connectivity index (χ1n) is 11.4. The molecule has 33 heavy (non-hydrogen) atoms. The van der Waals surface area contributed by atoms with Crippen LogP contribution in [0, 0.1) is 0 Å². The van der Waals surface area contributed by atoms with Crippen molar-refractivity contribution in [3.05, 3.63) is 115 Å². The summed E-state index contributed by atoms with van der Waals surface area (Å²) in [4.78, 5) is 0. The topological polar surface area (TPSA) is 9.86 Å². The van der Waals surface area contributed by atoms with E-state index in [1.807, 2.05) is 0 Å². The van der Waals surface area contributed by atoms with Crippen molar-refractivity contribution in [2.45, 2.75) is 0 Å². The van der Waals surface area contributed by atoms with Crippen molar-refractivity contribution in [2.75, 3.05) is 0 Å². The zero-order valence-electron chi connectivity index (χ0n) is 18.4. The maximum Gasteiger partial charge on any atom is 0.0641 e. The highest BCUT2D eigenvalue weighted by atomic mass is 15.0. The van der Waals surface area contributed by atoms with Crippen LogP contribution in [0.1, 0.15) is 0 Å². The Balaban J connectivity index is 1.66. The van der Waals surface area contributed by atoms with Gasteiger partial charge in [0.1, 0.15) is 0 Å². The van der Waals surface area contributed by atoms with E-state index in [0.29, 0.717) is 0 Å². The lowest BCUT2D eigenvalue weighted by Gasteiger charge is -2.09. The molecule has 0 spiro atoms. The Morgan fingerprint density at radius 2 is 1.18 bits per heavy atom. The molecule has 0 aliphatic rings. The largest absolute Gasteiger partial charge is 0.344 e. The van der Waals surface area contributed by atoms with E-state index in [0.717, 1.165) is 0 Å². The minimum absolute atomic E-state index is 1.19. The fourth-order valence-corrected chi connectivity index (χ4v) is 5.40. The quantitative estimate of drug-likeness (QED) is 0.266. The maximum absolute atomic E-state index is 2.43. The molecule has 2 aromatic heterocycles. The van der Waals surface area contributed by atoms with Gasteiger partial charge in [-0.3, -0.25) is 0 Å². The summed E-state index contributed by atoms with van der Waals surface area (Å²) in [5.74, 6) is 0. The standard InChI is InChI=1S/C31H22N2/c1-32-28-19-18-25-24-14-8-9-15-27(24)33(23-12-6-3-7-13-23)31(25)30(28)26-17-16-22(20-29(26)32)21-10-4-2-5-11-21/h2-20H,1H3. The van der Waals surface area contributed by atoms with E-state index in [2.05, 4.69) is 131 Å². The number of hydrogen-bond donors (Lipinski definition) is 0. The molecule has 2 heterocycles. The second-order valence-corrected chi connectivity index (χ2v) is 8.70. The van der Waals surface area contributed by atoms with Gasteiger partial charge in [0.25, 0.3) is 0 Å². The van der Waals surface area contributed by atoms with E-state index in [-0.39, 0.29) is 0 Å². The van der Waals surface area contributed by atoms with E-state index in [1.165, 1.54) is 60.4 Å². The highest BCUT2D eigenvalue weighted by molar-refractivity contribution is 6.25. The maximum atomic E-state index is 2.43. The third kappa shape index (κ3) is 2.55. The Morgan fingerprint density at radius 1 is 0.485 bits per heavy atom. The van der Waals surface area contributed by atoms with Gasteiger partial charge in [0, 0.05) is 39.8 Å². The molecule has 0 amide bonds. The van der Waals surface area contributed by atoms with Crippen LogP contribution in [0.3, 0.4) is 0 Å². The number of para-hydroxylation sites is 2. The second kappa shape index (κ2) is 6.85. The number of benzene rings is 5. The van der Waals surface area contributed by atoms with Gasteiger partial charge in [-0.25, -0.2) is 0 Å². The number of nitrogens with zero attached hydrogens (tertiary/aromatic N) is 2. The van der Waals surface area contributed by atoms with Crippen LogP contribution in [0.5, 0.6) is 0 Å². The number of aryl methyl sites for hydroxylation is 1. The van der Waals surface area contributed by atoms with Crippen molar-refractivity contribution in [1.82, 2.24) is 9.13 Å². The fourth-order valence-electron chi connectivity index (χ4n) is 5.40. The first-order chi connectivity index (χ1) is 16.3. The summed E-state index contributed by atoms with van der Waals surface area (Å²) in [6.45, 7) is 0. The normalized spacial score (nSPS) is 11.8.